The Labute approximate surface area is 165 Å². The van der Waals surface area contributed by atoms with E-state index in [2.05, 4.69) is 16.0 Å². The highest BCUT2D eigenvalue weighted by Crippen LogP contribution is 2.39. The summed E-state index contributed by atoms with van der Waals surface area (Å²) >= 11 is 0. The maximum atomic E-state index is 12.5. The second-order valence-corrected chi connectivity index (χ2v) is 6.48. The molecule has 2 heterocycles. The van der Waals surface area contributed by atoms with Crippen LogP contribution in [-0.2, 0) is 15.3 Å². The van der Waals surface area contributed by atoms with Crippen LogP contribution in [0.3, 0.4) is 0 Å². The topological polar surface area (TPSA) is 117 Å². The molecule has 0 radical (unpaired) electrons. The first kappa shape index (κ1) is 18.2. The average molecular weight is 392 g/mol. The molecule has 9 heteroatoms. The maximum absolute atomic E-state index is 12.5. The molecule has 2 aromatic rings. The van der Waals surface area contributed by atoms with E-state index in [9.17, 15) is 19.2 Å². The summed E-state index contributed by atoms with van der Waals surface area (Å²) < 4.78 is 5.33. The maximum Gasteiger partial charge on any atom is 0.336 e. The van der Waals surface area contributed by atoms with Crippen molar-refractivity contribution < 1.29 is 23.9 Å². The van der Waals surface area contributed by atoms with Crippen molar-refractivity contribution in [2.45, 2.75) is 5.66 Å². The van der Waals surface area contributed by atoms with Crippen molar-refractivity contribution in [1.29, 1.82) is 0 Å². The molecule has 146 valence electrons. The molecule has 2 aliphatic heterocycles. The van der Waals surface area contributed by atoms with Crippen LogP contribution < -0.4 is 20.7 Å². The van der Waals surface area contributed by atoms with Gasteiger partial charge < -0.3 is 15.4 Å². The number of nitrogens with one attached hydrogen (secondary N) is 3. The van der Waals surface area contributed by atoms with Crippen LogP contribution in [0.25, 0.3) is 6.08 Å². The van der Waals surface area contributed by atoms with E-state index in [1.54, 1.807) is 6.08 Å². The number of fused-ring (bicyclic) bond motifs is 2. The molecule has 5 amide bonds. The van der Waals surface area contributed by atoms with Crippen molar-refractivity contribution in [3.63, 3.8) is 0 Å². The van der Waals surface area contributed by atoms with Gasteiger partial charge in [-0.25, -0.2) is 14.4 Å². The number of anilines is 1. The minimum absolute atomic E-state index is 0.157. The minimum Gasteiger partial charge on any atom is -0.423 e. The van der Waals surface area contributed by atoms with E-state index in [0.29, 0.717) is 5.69 Å². The molecule has 2 aromatic carbocycles. The molecule has 4 rings (SSSR count). The zero-order valence-corrected chi connectivity index (χ0v) is 15.3. The van der Waals surface area contributed by atoms with Crippen molar-refractivity contribution >= 4 is 35.7 Å². The lowest BCUT2D eigenvalue weighted by Crippen LogP contribution is -2.62. The second-order valence-electron chi connectivity index (χ2n) is 6.48. The van der Waals surface area contributed by atoms with Crippen LogP contribution in [-0.4, -0.2) is 35.9 Å². The molecule has 3 N–H and O–H groups in total. The van der Waals surface area contributed by atoms with Gasteiger partial charge in [-0.3, -0.25) is 15.0 Å². The van der Waals surface area contributed by atoms with Gasteiger partial charge in [0, 0.05) is 18.7 Å². The van der Waals surface area contributed by atoms with Gasteiger partial charge in [0.25, 0.3) is 5.91 Å². The third kappa shape index (κ3) is 3.08. The van der Waals surface area contributed by atoms with Crippen LogP contribution in [0, 0.1) is 0 Å². The highest BCUT2D eigenvalue weighted by atomic mass is 16.5. The fourth-order valence-corrected chi connectivity index (χ4v) is 3.28. The molecule has 1 unspecified atom stereocenters. The number of carbonyl (C=O) groups is 4. The first-order chi connectivity index (χ1) is 13.9. The van der Waals surface area contributed by atoms with Gasteiger partial charge in [-0.15, -0.1) is 0 Å². The summed E-state index contributed by atoms with van der Waals surface area (Å²) in [5.74, 6) is -1.16. The van der Waals surface area contributed by atoms with Crippen molar-refractivity contribution in [1.82, 2.24) is 15.5 Å². The Morgan fingerprint density at radius 2 is 1.83 bits per heavy atom. The summed E-state index contributed by atoms with van der Waals surface area (Å²) in [5.41, 5.74) is -0.286. The molecule has 0 saturated carbocycles. The summed E-state index contributed by atoms with van der Waals surface area (Å²) in [6.45, 7) is 0. The lowest BCUT2D eigenvalue weighted by atomic mass is 9.93. The third-order valence-electron chi connectivity index (χ3n) is 4.71. The highest BCUT2D eigenvalue weighted by Gasteiger charge is 2.56. The predicted molar refractivity (Wildman–Crippen MR) is 103 cm³/mol. The van der Waals surface area contributed by atoms with Gasteiger partial charge in [-0.1, -0.05) is 30.3 Å². The molecule has 29 heavy (non-hydrogen) atoms. The molecular formula is C20H16N4O5. The number of hydrogen-bond acceptors (Lipinski definition) is 5. The second kappa shape index (κ2) is 6.79. The van der Waals surface area contributed by atoms with Gasteiger partial charge in [0.1, 0.15) is 5.75 Å². The number of amides is 5. The van der Waals surface area contributed by atoms with Gasteiger partial charge in [-0.2, -0.15) is 0 Å². The summed E-state index contributed by atoms with van der Waals surface area (Å²) in [7, 11) is 1.38. The van der Waals surface area contributed by atoms with E-state index >= 15 is 0 Å². The lowest BCUT2D eigenvalue weighted by Gasteiger charge is -2.40. The van der Waals surface area contributed by atoms with Crippen LogP contribution in [0.1, 0.15) is 11.1 Å². The molecule has 1 atom stereocenters. The summed E-state index contributed by atoms with van der Waals surface area (Å²) in [6, 6.07) is 12.4. The van der Waals surface area contributed by atoms with Crippen molar-refractivity contribution in [2.24, 2.45) is 0 Å². The summed E-state index contributed by atoms with van der Waals surface area (Å²) in [4.78, 5) is 49.8. The number of likely N-dealkylation sites (N-methyl/N-ethyl adjacent to an activating group) is 1. The molecule has 9 nitrogen and oxygen atoms in total. The minimum atomic E-state index is -1.73. The normalized spacial score (nSPS) is 20.3. The molecule has 0 bridgehead atoms. The molecule has 1 saturated heterocycles. The van der Waals surface area contributed by atoms with Crippen LogP contribution in [0.5, 0.6) is 5.75 Å². The van der Waals surface area contributed by atoms with Crippen molar-refractivity contribution in [2.75, 3.05) is 12.4 Å². The van der Waals surface area contributed by atoms with E-state index in [0.717, 1.165) is 10.5 Å². The number of imide groups is 1. The van der Waals surface area contributed by atoms with Gasteiger partial charge >= 0.3 is 18.0 Å². The lowest BCUT2D eigenvalue weighted by molar-refractivity contribution is -0.129. The SMILES string of the molecule is CN1C(=O)Nc2ccc(OC(=O)/C=C/c3ccccc3)cc2C12NC(=O)NC2=O. The Bertz CT molecular complexity index is 1070. The zero-order valence-electron chi connectivity index (χ0n) is 15.3. The van der Waals surface area contributed by atoms with E-state index in [4.69, 9.17) is 4.74 Å². The van der Waals surface area contributed by atoms with Crippen LogP contribution in [0.15, 0.2) is 54.6 Å². The Morgan fingerprint density at radius 1 is 1.07 bits per heavy atom. The number of nitrogens with zero attached hydrogens (tertiary/aromatic N) is 1. The van der Waals surface area contributed by atoms with Gasteiger partial charge in [0.05, 0.1) is 5.69 Å². The standard InChI is InChI=1S/C20H16N4O5/c1-24-19(28)21-15-9-8-13(11-14(15)20(24)17(26)22-18(27)23-20)29-16(25)10-7-12-5-3-2-4-6-12/h2-11H,1H3,(H,21,28)(H2,22,23,26,27)/b10-7+. The van der Waals surface area contributed by atoms with Gasteiger partial charge in [0.15, 0.2) is 0 Å². The number of benzene rings is 2. The van der Waals surface area contributed by atoms with Crippen molar-refractivity contribution in [3.05, 3.63) is 65.7 Å². The monoisotopic (exact) mass is 392 g/mol. The average Bonchev–Trinajstić information content (AvgIpc) is 3.01. The highest BCUT2D eigenvalue weighted by molar-refractivity contribution is 6.12. The Hall–Kier alpha value is -4.14. The van der Waals surface area contributed by atoms with E-state index in [1.807, 2.05) is 30.3 Å². The first-order valence-electron chi connectivity index (χ1n) is 8.68. The smallest absolute Gasteiger partial charge is 0.336 e. The number of ether oxygens (including phenoxy) is 1. The fourth-order valence-electron chi connectivity index (χ4n) is 3.28. The molecule has 0 aliphatic carbocycles. The molecule has 2 aliphatic rings. The van der Waals surface area contributed by atoms with E-state index in [1.165, 1.54) is 31.3 Å². The van der Waals surface area contributed by atoms with Crippen LogP contribution in [0.4, 0.5) is 15.3 Å². The molecule has 1 spiro atoms. The first-order valence-corrected chi connectivity index (χ1v) is 8.68. The largest absolute Gasteiger partial charge is 0.423 e. The number of hydrogen-bond donors (Lipinski definition) is 3. The predicted octanol–water partition coefficient (Wildman–Crippen LogP) is 1.77. The van der Waals surface area contributed by atoms with Gasteiger partial charge in [-0.05, 0) is 29.8 Å². The van der Waals surface area contributed by atoms with E-state index < -0.39 is 29.6 Å². The summed E-state index contributed by atoms with van der Waals surface area (Å²) in [5, 5.41) is 7.26. The number of rotatable bonds is 3. The number of carbonyl (C=O) groups excluding carboxylic acids is 4. The van der Waals surface area contributed by atoms with Gasteiger partial charge in [0.2, 0.25) is 5.66 Å². The molecule has 0 aromatic heterocycles. The Kier molecular flexibility index (Phi) is 4.27. The molecular weight excluding hydrogens is 376 g/mol. The van der Waals surface area contributed by atoms with Crippen molar-refractivity contribution in [3.8, 4) is 5.75 Å². The quantitative estimate of drug-likeness (QED) is 0.319. The zero-order chi connectivity index (χ0) is 20.6. The van der Waals surface area contributed by atoms with Crippen LogP contribution in [0.2, 0.25) is 0 Å². The summed E-state index contributed by atoms with van der Waals surface area (Å²) in [6.07, 6.45) is 2.89. The Morgan fingerprint density at radius 3 is 2.52 bits per heavy atom. The fraction of sp³-hybridized carbons (Fsp3) is 0.100. The van der Waals surface area contributed by atoms with E-state index in [-0.39, 0.29) is 11.3 Å². The molecule has 1 fully saturated rings. The number of urea groups is 2. The van der Waals surface area contributed by atoms with Crippen LogP contribution >= 0.6 is 0 Å². The Balaban J connectivity index is 1.64. The number of esters is 1. The third-order valence-corrected chi connectivity index (χ3v) is 4.71.